The number of nitrogens with zero attached hydrogens (tertiary/aromatic N) is 6. The molecule has 0 unspecified atom stereocenters. The third-order valence-electron chi connectivity index (χ3n) is 8.61. The van der Waals surface area contributed by atoms with Gasteiger partial charge in [-0.15, -0.1) is 0 Å². The maximum absolute atomic E-state index is 15.4. The molecule has 212 valence electrons. The lowest BCUT2D eigenvalue weighted by Crippen LogP contribution is -2.33. The van der Waals surface area contributed by atoms with Crippen molar-refractivity contribution >= 4 is 39.5 Å². The Balaban J connectivity index is 1.15. The van der Waals surface area contributed by atoms with E-state index in [1.54, 1.807) is 12.4 Å². The largest absolute Gasteiger partial charge is 0.457 e. The number of pyridine rings is 1. The van der Waals surface area contributed by atoms with E-state index in [1.807, 2.05) is 53.8 Å². The van der Waals surface area contributed by atoms with Crippen molar-refractivity contribution in [3.05, 3.63) is 84.8 Å². The molecule has 0 spiro atoms. The van der Waals surface area contributed by atoms with Crippen molar-refractivity contribution in [2.75, 3.05) is 11.9 Å². The van der Waals surface area contributed by atoms with Crippen LogP contribution in [0.3, 0.4) is 0 Å². The predicted molar refractivity (Wildman–Crippen MR) is 158 cm³/mol. The molecule has 9 nitrogen and oxygen atoms in total. The van der Waals surface area contributed by atoms with Crippen molar-refractivity contribution in [2.45, 2.75) is 38.1 Å². The van der Waals surface area contributed by atoms with Gasteiger partial charge in [-0.2, -0.15) is 0 Å². The van der Waals surface area contributed by atoms with E-state index >= 15 is 4.39 Å². The molecule has 1 saturated heterocycles. The van der Waals surface area contributed by atoms with Crippen LogP contribution in [0.2, 0.25) is 0 Å². The second kappa shape index (κ2) is 10.2. The van der Waals surface area contributed by atoms with Gasteiger partial charge in [0, 0.05) is 43.4 Å². The molecule has 2 fully saturated rings. The first kappa shape index (κ1) is 26.1. The molecule has 2 aliphatic rings. The van der Waals surface area contributed by atoms with E-state index in [2.05, 4.69) is 26.8 Å². The first-order valence-electron chi connectivity index (χ1n) is 14.1. The van der Waals surface area contributed by atoms with Crippen LogP contribution in [0.4, 0.5) is 15.9 Å². The van der Waals surface area contributed by atoms with Gasteiger partial charge in [-0.3, -0.25) is 4.79 Å². The van der Waals surface area contributed by atoms with Crippen LogP contribution in [0.15, 0.2) is 67.8 Å². The minimum Gasteiger partial charge on any atom is -0.457 e. The number of amides is 1. The Bertz CT molecular complexity index is 1870. The molecule has 0 radical (unpaired) electrons. The van der Waals surface area contributed by atoms with Crippen LogP contribution in [-0.2, 0) is 11.8 Å². The number of imidazole rings is 1. The number of benzene rings is 2. The average molecular weight is 564 g/mol. The van der Waals surface area contributed by atoms with Crippen LogP contribution in [0.1, 0.15) is 36.4 Å². The van der Waals surface area contributed by atoms with Crippen LogP contribution >= 0.6 is 0 Å². The van der Waals surface area contributed by atoms with E-state index in [9.17, 15) is 4.79 Å². The normalized spacial score (nSPS) is 19.8. The highest BCUT2D eigenvalue weighted by Crippen LogP contribution is 2.44. The number of hydrogen-bond acceptors (Lipinski definition) is 7. The van der Waals surface area contributed by atoms with Crippen LogP contribution in [-0.4, -0.2) is 47.9 Å². The van der Waals surface area contributed by atoms with Crippen LogP contribution in [0.25, 0.3) is 22.1 Å². The Labute approximate surface area is 242 Å². The number of halogens is 1. The number of rotatable bonds is 6. The number of carbonyl (C=O) groups excluding carboxylic acids is 1. The van der Waals surface area contributed by atoms with Gasteiger partial charge in [0.2, 0.25) is 5.91 Å². The van der Waals surface area contributed by atoms with Gasteiger partial charge in [0.05, 0.1) is 28.6 Å². The summed E-state index contributed by atoms with van der Waals surface area (Å²) in [6, 6.07) is 12.9. The number of anilines is 2. The molecule has 42 heavy (non-hydrogen) atoms. The van der Waals surface area contributed by atoms with E-state index in [-0.39, 0.29) is 23.6 Å². The quantitative estimate of drug-likeness (QED) is 0.247. The van der Waals surface area contributed by atoms with E-state index in [1.165, 1.54) is 18.5 Å². The van der Waals surface area contributed by atoms with Crippen LogP contribution in [0, 0.1) is 18.7 Å². The topological polar surface area (TPSA) is 98.1 Å². The molecular formula is C32H30FN7O2. The lowest BCUT2D eigenvalue weighted by atomic mass is 9.78. The Morgan fingerprint density at radius 1 is 1.12 bits per heavy atom. The fourth-order valence-electron chi connectivity index (χ4n) is 6.46. The maximum atomic E-state index is 15.4. The van der Waals surface area contributed by atoms with Gasteiger partial charge < -0.3 is 19.5 Å². The molecule has 1 aliphatic carbocycles. The fraction of sp³-hybridized carbons (Fsp3) is 0.281. The number of aryl methyl sites for hydroxylation is 2. The molecule has 1 aliphatic heterocycles. The molecule has 1 saturated carbocycles. The lowest BCUT2D eigenvalue weighted by molar-refractivity contribution is -0.126. The smallest absolute Gasteiger partial charge is 0.246 e. The average Bonchev–Trinajstić information content (AvgIpc) is 3.54. The highest BCUT2D eigenvalue weighted by atomic mass is 19.1. The molecular weight excluding hydrogens is 533 g/mol. The highest BCUT2D eigenvalue weighted by Gasteiger charge is 2.43. The zero-order chi connectivity index (χ0) is 29.0. The molecule has 7 rings (SSSR count). The first-order valence-corrected chi connectivity index (χ1v) is 14.1. The molecule has 10 heteroatoms. The van der Waals surface area contributed by atoms with Crippen molar-refractivity contribution in [1.29, 1.82) is 0 Å². The summed E-state index contributed by atoms with van der Waals surface area (Å²) in [5, 5.41) is 3.15. The van der Waals surface area contributed by atoms with Crippen LogP contribution < -0.4 is 10.1 Å². The van der Waals surface area contributed by atoms with Gasteiger partial charge in [-0.05, 0) is 74.1 Å². The fourth-order valence-corrected chi connectivity index (χ4v) is 6.46. The molecule has 1 N–H and O–H groups in total. The van der Waals surface area contributed by atoms with Gasteiger partial charge in [0.15, 0.2) is 5.82 Å². The predicted octanol–water partition coefficient (Wildman–Crippen LogP) is 6.18. The third-order valence-corrected chi connectivity index (χ3v) is 8.61. The van der Waals surface area contributed by atoms with E-state index in [0.29, 0.717) is 40.8 Å². The molecule has 3 atom stereocenters. The number of likely N-dealkylation sites (tertiary alicyclic amines) is 1. The zero-order valence-corrected chi connectivity index (χ0v) is 23.4. The van der Waals surface area contributed by atoms with Crippen molar-refractivity contribution in [1.82, 2.24) is 29.4 Å². The Kier molecular flexibility index (Phi) is 6.33. The second-order valence-electron chi connectivity index (χ2n) is 11.2. The molecule has 1 amide bonds. The van der Waals surface area contributed by atoms with Gasteiger partial charge in [0.1, 0.15) is 29.2 Å². The number of ether oxygens (including phenoxy) is 1. The van der Waals surface area contributed by atoms with Crippen molar-refractivity contribution < 1.29 is 13.9 Å². The summed E-state index contributed by atoms with van der Waals surface area (Å²) in [4.78, 5) is 32.4. The molecule has 5 aromatic rings. The minimum absolute atomic E-state index is 0.00230. The van der Waals surface area contributed by atoms with Crippen molar-refractivity contribution in [3.8, 4) is 11.5 Å². The summed E-state index contributed by atoms with van der Waals surface area (Å²) < 4.78 is 23.4. The van der Waals surface area contributed by atoms with Gasteiger partial charge in [-0.25, -0.2) is 24.3 Å². The number of hydrogen-bond donors (Lipinski definition) is 1. The summed E-state index contributed by atoms with van der Waals surface area (Å²) in [6.45, 7) is 6.24. The zero-order valence-electron chi connectivity index (χ0n) is 23.4. The van der Waals surface area contributed by atoms with Crippen LogP contribution in [0.5, 0.6) is 11.5 Å². The van der Waals surface area contributed by atoms with E-state index in [4.69, 9.17) is 9.72 Å². The summed E-state index contributed by atoms with van der Waals surface area (Å²) in [5.41, 5.74) is 5.00. The number of nitrogens with one attached hydrogen (secondary N) is 1. The Morgan fingerprint density at radius 3 is 2.86 bits per heavy atom. The highest BCUT2D eigenvalue weighted by molar-refractivity contribution is 5.88. The number of aromatic nitrogens is 5. The molecule has 2 bridgehead atoms. The van der Waals surface area contributed by atoms with E-state index in [0.717, 1.165) is 41.6 Å². The molecule has 4 heterocycles. The standard InChI is InChI=1S/C32H30FN7O2/c1-4-30(41)40-15-19-12-20(40)5-7-22(19)24-8-9-25-31(37-24)32(35-16-34-25)38-26-11-18(2)29(14-23(26)33)42-21-6-10-28-27(13-21)36-17-39(28)3/h4,6,8-11,13-14,16-17,19-20,22H,1,5,7,12,15H2,2-3H3,(H,34,35,38)/t19-,20+,22-/m0/s1. The summed E-state index contributed by atoms with van der Waals surface area (Å²) in [6.07, 6.45) is 7.45. The molecule has 3 aromatic heterocycles. The Hall–Kier alpha value is -4.86. The molecule has 2 aromatic carbocycles. The summed E-state index contributed by atoms with van der Waals surface area (Å²) in [5.74, 6) is 1.50. The third kappa shape index (κ3) is 4.52. The second-order valence-corrected chi connectivity index (χ2v) is 11.2. The summed E-state index contributed by atoms with van der Waals surface area (Å²) in [7, 11) is 1.93. The summed E-state index contributed by atoms with van der Waals surface area (Å²) >= 11 is 0. The minimum atomic E-state index is -0.478. The maximum Gasteiger partial charge on any atom is 0.246 e. The lowest BCUT2D eigenvalue weighted by Gasteiger charge is -2.28. The number of fused-ring (bicyclic) bond motifs is 4. The van der Waals surface area contributed by atoms with Crippen molar-refractivity contribution in [2.24, 2.45) is 13.0 Å². The van der Waals surface area contributed by atoms with Gasteiger partial charge >= 0.3 is 0 Å². The number of carbonyl (C=O) groups is 1. The SMILES string of the molecule is C=CC(=O)N1C[C@@H]2C[C@H]1CC[C@@H]2c1ccc2ncnc(Nc3cc(C)c(Oc4ccc5c(c4)ncn5C)cc3F)c2n1. The van der Waals surface area contributed by atoms with Crippen molar-refractivity contribution in [3.63, 3.8) is 0 Å². The first-order chi connectivity index (χ1) is 20.4. The monoisotopic (exact) mass is 563 g/mol. The van der Waals surface area contributed by atoms with E-state index < -0.39 is 5.82 Å². The van der Waals surface area contributed by atoms with Gasteiger partial charge in [0.25, 0.3) is 0 Å². The Morgan fingerprint density at radius 2 is 2.00 bits per heavy atom. The van der Waals surface area contributed by atoms with Gasteiger partial charge in [-0.1, -0.05) is 6.58 Å².